The van der Waals surface area contributed by atoms with Crippen molar-refractivity contribution in [1.82, 2.24) is 5.32 Å². The average Bonchev–Trinajstić information content (AvgIpc) is 2.85. The number of aryl methyl sites for hydroxylation is 2. The third-order valence-electron chi connectivity index (χ3n) is 4.34. The number of benzene rings is 1. The van der Waals surface area contributed by atoms with Gasteiger partial charge in [-0.3, -0.25) is 0 Å². The molecular formula is C17H27NO. The van der Waals surface area contributed by atoms with E-state index in [2.05, 4.69) is 37.4 Å². The SMILES string of the molecule is CNC(Cc1ccc2c(c1)CCC2)CC(C)(C)OC. The summed E-state index contributed by atoms with van der Waals surface area (Å²) in [6.07, 6.45) is 5.96. The van der Waals surface area contributed by atoms with E-state index >= 15 is 0 Å². The molecule has 0 amide bonds. The van der Waals surface area contributed by atoms with Gasteiger partial charge in [0, 0.05) is 13.2 Å². The van der Waals surface area contributed by atoms with E-state index in [0.717, 1.165) is 12.8 Å². The number of nitrogens with one attached hydrogen (secondary N) is 1. The molecule has 0 radical (unpaired) electrons. The van der Waals surface area contributed by atoms with Crippen LogP contribution in [0.3, 0.4) is 0 Å². The molecule has 1 aromatic rings. The van der Waals surface area contributed by atoms with Crippen molar-refractivity contribution in [2.24, 2.45) is 0 Å². The number of methoxy groups -OCH3 is 1. The van der Waals surface area contributed by atoms with Crippen LogP contribution in [0, 0.1) is 0 Å². The molecule has 1 aromatic carbocycles. The van der Waals surface area contributed by atoms with E-state index in [1.165, 1.54) is 24.8 Å². The molecule has 0 fully saturated rings. The number of likely N-dealkylation sites (N-methyl/N-ethyl adjacent to an activating group) is 1. The molecule has 0 saturated carbocycles. The van der Waals surface area contributed by atoms with E-state index < -0.39 is 0 Å². The highest BCUT2D eigenvalue weighted by Gasteiger charge is 2.22. The van der Waals surface area contributed by atoms with Gasteiger partial charge in [0.1, 0.15) is 0 Å². The van der Waals surface area contributed by atoms with Crippen molar-refractivity contribution in [2.45, 2.75) is 57.6 Å². The Hall–Kier alpha value is -0.860. The predicted molar refractivity (Wildman–Crippen MR) is 80.7 cm³/mol. The van der Waals surface area contributed by atoms with Crippen LogP contribution in [0.2, 0.25) is 0 Å². The molecule has 1 aliphatic carbocycles. The van der Waals surface area contributed by atoms with Crippen molar-refractivity contribution in [3.05, 3.63) is 34.9 Å². The van der Waals surface area contributed by atoms with Crippen LogP contribution in [-0.4, -0.2) is 25.8 Å². The van der Waals surface area contributed by atoms with Crippen LogP contribution in [0.15, 0.2) is 18.2 Å². The summed E-state index contributed by atoms with van der Waals surface area (Å²) >= 11 is 0. The van der Waals surface area contributed by atoms with Crippen molar-refractivity contribution in [3.63, 3.8) is 0 Å². The van der Waals surface area contributed by atoms with Gasteiger partial charge < -0.3 is 10.1 Å². The highest BCUT2D eigenvalue weighted by Crippen LogP contribution is 2.24. The fourth-order valence-corrected chi connectivity index (χ4v) is 2.99. The molecule has 1 N–H and O–H groups in total. The van der Waals surface area contributed by atoms with E-state index in [9.17, 15) is 0 Å². The zero-order valence-corrected chi connectivity index (χ0v) is 12.8. The van der Waals surface area contributed by atoms with Crippen LogP contribution in [0.1, 0.15) is 43.4 Å². The van der Waals surface area contributed by atoms with Crippen LogP contribution < -0.4 is 5.32 Å². The summed E-state index contributed by atoms with van der Waals surface area (Å²) < 4.78 is 5.54. The van der Waals surface area contributed by atoms with E-state index in [-0.39, 0.29) is 5.60 Å². The third kappa shape index (κ3) is 3.80. The van der Waals surface area contributed by atoms with E-state index in [1.54, 1.807) is 18.2 Å². The van der Waals surface area contributed by atoms with Gasteiger partial charge in [-0.15, -0.1) is 0 Å². The van der Waals surface area contributed by atoms with E-state index in [4.69, 9.17) is 4.74 Å². The quantitative estimate of drug-likeness (QED) is 0.849. The molecule has 0 spiro atoms. The topological polar surface area (TPSA) is 21.3 Å². The second-order valence-corrected chi connectivity index (χ2v) is 6.31. The summed E-state index contributed by atoms with van der Waals surface area (Å²) in [6.45, 7) is 4.31. The van der Waals surface area contributed by atoms with Crippen LogP contribution >= 0.6 is 0 Å². The lowest BCUT2D eigenvalue weighted by Gasteiger charge is -2.28. The number of hydrogen-bond acceptors (Lipinski definition) is 2. The molecule has 19 heavy (non-hydrogen) atoms. The maximum Gasteiger partial charge on any atom is 0.0637 e. The summed E-state index contributed by atoms with van der Waals surface area (Å²) in [6, 6.07) is 7.50. The summed E-state index contributed by atoms with van der Waals surface area (Å²) in [5.74, 6) is 0. The van der Waals surface area contributed by atoms with Crippen molar-refractivity contribution in [2.75, 3.05) is 14.2 Å². The highest BCUT2D eigenvalue weighted by molar-refractivity contribution is 5.35. The second kappa shape index (κ2) is 6.06. The fraction of sp³-hybridized carbons (Fsp3) is 0.647. The average molecular weight is 261 g/mol. The van der Waals surface area contributed by atoms with E-state index in [1.807, 2.05) is 7.05 Å². The molecule has 2 rings (SSSR count). The molecular weight excluding hydrogens is 234 g/mol. The minimum Gasteiger partial charge on any atom is -0.379 e. The first-order valence-corrected chi connectivity index (χ1v) is 7.37. The number of hydrogen-bond donors (Lipinski definition) is 1. The first kappa shape index (κ1) is 14.5. The van der Waals surface area contributed by atoms with Gasteiger partial charge in [-0.2, -0.15) is 0 Å². The highest BCUT2D eigenvalue weighted by atomic mass is 16.5. The minimum absolute atomic E-state index is 0.0651. The first-order valence-electron chi connectivity index (χ1n) is 7.37. The number of ether oxygens (including phenoxy) is 1. The number of fused-ring (bicyclic) bond motifs is 1. The van der Waals surface area contributed by atoms with Crippen LogP contribution in [-0.2, 0) is 24.0 Å². The summed E-state index contributed by atoms with van der Waals surface area (Å²) in [5.41, 5.74) is 4.51. The van der Waals surface area contributed by atoms with Gasteiger partial charge in [-0.1, -0.05) is 18.2 Å². The molecule has 1 aliphatic rings. The monoisotopic (exact) mass is 261 g/mol. The van der Waals surface area contributed by atoms with Crippen molar-refractivity contribution in [1.29, 1.82) is 0 Å². The Kier molecular flexibility index (Phi) is 4.64. The Bertz CT molecular complexity index is 425. The summed E-state index contributed by atoms with van der Waals surface area (Å²) in [7, 11) is 3.84. The lowest BCUT2D eigenvalue weighted by Crippen LogP contribution is -2.37. The van der Waals surface area contributed by atoms with E-state index in [0.29, 0.717) is 6.04 Å². The zero-order valence-electron chi connectivity index (χ0n) is 12.8. The maximum absolute atomic E-state index is 5.54. The first-order chi connectivity index (χ1) is 9.04. The maximum atomic E-state index is 5.54. The number of rotatable bonds is 6. The van der Waals surface area contributed by atoms with Crippen LogP contribution in [0.5, 0.6) is 0 Å². The van der Waals surface area contributed by atoms with Gasteiger partial charge in [0.25, 0.3) is 0 Å². The van der Waals surface area contributed by atoms with Crippen LogP contribution in [0.25, 0.3) is 0 Å². The normalized spacial score (nSPS) is 16.4. The molecule has 0 aromatic heterocycles. The molecule has 0 heterocycles. The molecule has 0 saturated heterocycles. The Balaban J connectivity index is 2.02. The lowest BCUT2D eigenvalue weighted by molar-refractivity contribution is 0.00773. The Morgan fingerprint density at radius 1 is 1.26 bits per heavy atom. The largest absolute Gasteiger partial charge is 0.379 e. The third-order valence-corrected chi connectivity index (χ3v) is 4.34. The van der Waals surface area contributed by atoms with Crippen molar-refractivity contribution < 1.29 is 4.74 Å². The standard InChI is InChI=1S/C17H27NO/c1-17(2,19-4)12-16(18-3)11-13-8-9-14-6-5-7-15(14)10-13/h8-10,16,18H,5-7,11-12H2,1-4H3. The molecule has 1 unspecified atom stereocenters. The molecule has 2 nitrogen and oxygen atoms in total. The summed E-state index contributed by atoms with van der Waals surface area (Å²) in [4.78, 5) is 0. The molecule has 106 valence electrons. The van der Waals surface area contributed by atoms with Gasteiger partial charge in [0.15, 0.2) is 0 Å². The van der Waals surface area contributed by atoms with Crippen molar-refractivity contribution >= 4 is 0 Å². The second-order valence-electron chi connectivity index (χ2n) is 6.31. The zero-order chi connectivity index (χ0) is 13.9. The molecule has 0 aliphatic heterocycles. The Morgan fingerprint density at radius 3 is 2.68 bits per heavy atom. The molecule has 0 bridgehead atoms. The van der Waals surface area contributed by atoms with Gasteiger partial charge in [-0.25, -0.2) is 0 Å². The lowest BCUT2D eigenvalue weighted by atomic mass is 9.93. The van der Waals surface area contributed by atoms with Crippen molar-refractivity contribution in [3.8, 4) is 0 Å². The van der Waals surface area contributed by atoms with Gasteiger partial charge in [0.2, 0.25) is 0 Å². The molecule has 2 heteroatoms. The van der Waals surface area contributed by atoms with Gasteiger partial charge in [-0.05, 0) is 69.7 Å². The van der Waals surface area contributed by atoms with Crippen LogP contribution in [0.4, 0.5) is 0 Å². The summed E-state index contributed by atoms with van der Waals surface area (Å²) in [5, 5.41) is 3.43. The smallest absolute Gasteiger partial charge is 0.0637 e. The predicted octanol–water partition coefficient (Wildman–Crippen LogP) is 3.12. The van der Waals surface area contributed by atoms with Gasteiger partial charge in [0.05, 0.1) is 5.60 Å². The fourth-order valence-electron chi connectivity index (χ4n) is 2.99. The Morgan fingerprint density at radius 2 is 2.00 bits per heavy atom. The molecule has 1 atom stereocenters. The van der Waals surface area contributed by atoms with Gasteiger partial charge >= 0.3 is 0 Å². The Labute approximate surface area is 117 Å². The minimum atomic E-state index is -0.0651.